The molecule has 0 unspecified atom stereocenters. The Hall–Kier alpha value is -1.55. The third-order valence-electron chi connectivity index (χ3n) is 4.01. The van der Waals surface area contributed by atoms with Gasteiger partial charge in [-0.3, -0.25) is 4.79 Å². The van der Waals surface area contributed by atoms with Crippen molar-refractivity contribution in [2.75, 3.05) is 13.2 Å². The van der Waals surface area contributed by atoms with Crippen LogP contribution >= 0.6 is 0 Å². The quantitative estimate of drug-likeness (QED) is 0.846. The highest BCUT2D eigenvalue weighted by Crippen LogP contribution is 2.22. The van der Waals surface area contributed by atoms with Crippen molar-refractivity contribution < 1.29 is 9.53 Å². The van der Waals surface area contributed by atoms with Crippen LogP contribution in [0.5, 0.6) is 5.75 Å². The first kappa shape index (κ1) is 15.8. The van der Waals surface area contributed by atoms with Gasteiger partial charge in [0, 0.05) is 18.2 Å². The fraction of sp³-hybridized carbons (Fsp3) is 0.588. The van der Waals surface area contributed by atoms with E-state index >= 15 is 0 Å². The molecule has 0 bridgehead atoms. The van der Waals surface area contributed by atoms with E-state index in [4.69, 9.17) is 10.5 Å². The molecule has 2 rings (SSSR count). The molecule has 0 aliphatic heterocycles. The van der Waals surface area contributed by atoms with Crippen LogP contribution in [0.4, 0.5) is 0 Å². The van der Waals surface area contributed by atoms with Crippen LogP contribution in [0.3, 0.4) is 0 Å². The largest absolute Gasteiger partial charge is 0.494 e. The first-order chi connectivity index (χ1) is 10.2. The second-order valence-electron chi connectivity index (χ2n) is 5.87. The van der Waals surface area contributed by atoms with E-state index in [0.29, 0.717) is 24.1 Å². The van der Waals surface area contributed by atoms with Crippen molar-refractivity contribution in [3.8, 4) is 5.75 Å². The van der Waals surface area contributed by atoms with E-state index in [0.717, 1.165) is 44.4 Å². The predicted octanol–water partition coefficient (Wildman–Crippen LogP) is 2.72. The minimum Gasteiger partial charge on any atom is -0.494 e. The second kappa shape index (κ2) is 8.03. The molecular weight excluding hydrogens is 264 g/mol. The Morgan fingerprint density at radius 3 is 2.81 bits per heavy atom. The van der Waals surface area contributed by atoms with Crippen molar-refractivity contribution in [3.63, 3.8) is 0 Å². The van der Waals surface area contributed by atoms with E-state index in [-0.39, 0.29) is 5.91 Å². The smallest absolute Gasteiger partial charge is 0.251 e. The predicted molar refractivity (Wildman–Crippen MR) is 84.5 cm³/mol. The zero-order chi connectivity index (χ0) is 15.1. The van der Waals surface area contributed by atoms with Crippen molar-refractivity contribution >= 4 is 5.91 Å². The van der Waals surface area contributed by atoms with Crippen LogP contribution in [-0.2, 0) is 0 Å². The van der Waals surface area contributed by atoms with Gasteiger partial charge in [0.2, 0.25) is 0 Å². The Balaban J connectivity index is 1.82. The average Bonchev–Trinajstić information content (AvgIpc) is 2.52. The Morgan fingerprint density at radius 2 is 2.10 bits per heavy atom. The maximum Gasteiger partial charge on any atom is 0.251 e. The van der Waals surface area contributed by atoms with Gasteiger partial charge in [-0.15, -0.1) is 0 Å². The Labute approximate surface area is 127 Å². The molecule has 1 aliphatic carbocycles. The molecular formula is C17H26N2O2. The number of hydrogen-bond donors (Lipinski definition) is 2. The summed E-state index contributed by atoms with van der Waals surface area (Å²) in [4.78, 5) is 12.2. The van der Waals surface area contributed by atoms with Gasteiger partial charge in [0.25, 0.3) is 5.91 Å². The fourth-order valence-corrected chi connectivity index (χ4v) is 2.68. The summed E-state index contributed by atoms with van der Waals surface area (Å²) in [5.74, 6) is 1.30. The zero-order valence-corrected chi connectivity index (χ0v) is 12.8. The number of nitrogens with two attached hydrogens (primary N) is 1. The summed E-state index contributed by atoms with van der Waals surface area (Å²) in [6.07, 6.45) is 5.32. The molecule has 1 fully saturated rings. The van der Waals surface area contributed by atoms with Crippen molar-refractivity contribution in [3.05, 3.63) is 29.8 Å². The monoisotopic (exact) mass is 290 g/mol. The number of hydrogen-bond acceptors (Lipinski definition) is 3. The summed E-state index contributed by atoms with van der Waals surface area (Å²) in [5.41, 5.74) is 6.56. The van der Waals surface area contributed by atoms with E-state index in [1.54, 1.807) is 0 Å². The molecule has 1 saturated carbocycles. The van der Waals surface area contributed by atoms with Crippen LogP contribution in [0.15, 0.2) is 24.3 Å². The van der Waals surface area contributed by atoms with Crippen molar-refractivity contribution in [2.24, 2.45) is 11.7 Å². The molecule has 1 aromatic carbocycles. The van der Waals surface area contributed by atoms with E-state index < -0.39 is 0 Å². The molecule has 4 heteroatoms. The molecule has 0 radical (unpaired) electrons. The Kier molecular flexibility index (Phi) is 6.05. The molecule has 4 nitrogen and oxygen atoms in total. The summed E-state index contributed by atoms with van der Waals surface area (Å²) in [6.45, 7) is 3.48. The molecule has 0 heterocycles. The standard InChI is InChI=1S/C17H26N2O2/c1-2-10-21-16-5-3-4-14(11-16)17(20)19-12-13-6-8-15(18)9-7-13/h3-5,11,13,15H,2,6-10,12,18H2,1H3,(H,19,20). The van der Waals surface area contributed by atoms with Crippen LogP contribution in [0.25, 0.3) is 0 Å². The maximum absolute atomic E-state index is 12.2. The number of carbonyl (C=O) groups is 1. The summed E-state index contributed by atoms with van der Waals surface area (Å²) < 4.78 is 5.56. The highest BCUT2D eigenvalue weighted by molar-refractivity contribution is 5.94. The number of carbonyl (C=O) groups excluding carboxylic acids is 1. The van der Waals surface area contributed by atoms with Gasteiger partial charge in [-0.2, -0.15) is 0 Å². The minimum absolute atomic E-state index is 0.0215. The third kappa shape index (κ3) is 5.05. The van der Waals surface area contributed by atoms with Gasteiger partial charge in [-0.05, 0) is 56.2 Å². The molecule has 0 aromatic heterocycles. The first-order valence-corrected chi connectivity index (χ1v) is 7.95. The highest BCUT2D eigenvalue weighted by atomic mass is 16.5. The van der Waals surface area contributed by atoms with Crippen molar-refractivity contribution in [2.45, 2.75) is 45.1 Å². The van der Waals surface area contributed by atoms with E-state index in [1.165, 1.54) is 0 Å². The SMILES string of the molecule is CCCOc1cccc(C(=O)NCC2CCC(N)CC2)c1. The number of benzene rings is 1. The minimum atomic E-state index is -0.0215. The first-order valence-electron chi connectivity index (χ1n) is 7.95. The lowest BCUT2D eigenvalue weighted by molar-refractivity contribution is 0.0942. The molecule has 0 spiro atoms. The normalized spacial score (nSPS) is 21.8. The Morgan fingerprint density at radius 1 is 1.33 bits per heavy atom. The number of nitrogens with one attached hydrogen (secondary N) is 1. The van der Waals surface area contributed by atoms with E-state index in [9.17, 15) is 4.79 Å². The summed E-state index contributed by atoms with van der Waals surface area (Å²) in [5, 5.41) is 3.03. The molecule has 1 amide bonds. The van der Waals surface area contributed by atoms with Crippen LogP contribution in [-0.4, -0.2) is 25.1 Å². The summed E-state index contributed by atoms with van der Waals surface area (Å²) >= 11 is 0. The van der Waals surface area contributed by atoms with Crippen LogP contribution in [0.2, 0.25) is 0 Å². The van der Waals surface area contributed by atoms with Gasteiger partial charge in [0.05, 0.1) is 6.61 Å². The van der Waals surface area contributed by atoms with E-state index in [2.05, 4.69) is 12.2 Å². The van der Waals surface area contributed by atoms with Crippen molar-refractivity contribution in [1.29, 1.82) is 0 Å². The number of rotatable bonds is 6. The summed E-state index contributed by atoms with van der Waals surface area (Å²) in [7, 11) is 0. The molecule has 1 aromatic rings. The zero-order valence-electron chi connectivity index (χ0n) is 12.8. The molecule has 116 valence electrons. The molecule has 21 heavy (non-hydrogen) atoms. The van der Waals surface area contributed by atoms with Gasteiger partial charge >= 0.3 is 0 Å². The van der Waals surface area contributed by atoms with Gasteiger partial charge in [-0.25, -0.2) is 0 Å². The van der Waals surface area contributed by atoms with Gasteiger partial charge in [-0.1, -0.05) is 13.0 Å². The van der Waals surface area contributed by atoms with E-state index in [1.807, 2.05) is 24.3 Å². The number of amides is 1. The molecule has 0 atom stereocenters. The van der Waals surface area contributed by atoms with Crippen LogP contribution < -0.4 is 15.8 Å². The lowest BCUT2D eigenvalue weighted by Crippen LogP contribution is -2.34. The second-order valence-corrected chi connectivity index (χ2v) is 5.87. The average molecular weight is 290 g/mol. The van der Waals surface area contributed by atoms with Crippen molar-refractivity contribution in [1.82, 2.24) is 5.32 Å². The third-order valence-corrected chi connectivity index (χ3v) is 4.01. The lowest BCUT2D eigenvalue weighted by atomic mass is 9.86. The fourth-order valence-electron chi connectivity index (χ4n) is 2.68. The Bertz CT molecular complexity index is 454. The number of ether oxygens (including phenoxy) is 1. The van der Waals surface area contributed by atoms with Gasteiger partial charge < -0.3 is 15.8 Å². The van der Waals surface area contributed by atoms with Crippen LogP contribution in [0, 0.1) is 5.92 Å². The maximum atomic E-state index is 12.2. The topological polar surface area (TPSA) is 64.3 Å². The van der Waals surface area contributed by atoms with Gasteiger partial charge in [0.1, 0.15) is 5.75 Å². The summed E-state index contributed by atoms with van der Waals surface area (Å²) in [6, 6.07) is 7.73. The highest BCUT2D eigenvalue weighted by Gasteiger charge is 2.19. The molecule has 0 saturated heterocycles. The van der Waals surface area contributed by atoms with Gasteiger partial charge in [0.15, 0.2) is 0 Å². The van der Waals surface area contributed by atoms with Crippen LogP contribution in [0.1, 0.15) is 49.4 Å². The lowest BCUT2D eigenvalue weighted by Gasteiger charge is -2.26. The molecule has 1 aliphatic rings. The molecule has 3 N–H and O–H groups in total.